The largest absolute Gasteiger partial charge is 0.478 e. The molecule has 1 aromatic carbocycles. The number of ketones is 1. The van der Waals surface area contributed by atoms with Gasteiger partial charge in [0.25, 0.3) is 0 Å². The van der Waals surface area contributed by atoms with Crippen LogP contribution in [-0.4, -0.2) is 16.9 Å². The fraction of sp³-hybridized carbons (Fsp3) is 0. The first-order valence-electron chi connectivity index (χ1n) is 3.78. The van der Waals surface area contributed by atoms with Crippen molar-refractivity contribution in [2.45, 2.75) is 0 Å². The van der Waals surface area contributed by atoms with Crippen LogP contribution < -0.4 is 0 Å². The first-order chi connectivity index (χ1) is 6.18. The second kappa shape index (κ2) is 2.55. The number of carbonyl (C=O) groups is 2. The number of allylic oxidation sites excluding steroid dienone is 1. The Balaban J connectivity index is 2.57. The van der Waals surface area contributed by atoms with Crippen LogP contribution >= 0.6 is 0 Å². The Labute approximate surface area is 74.3 Å². The van der Waals surface area contributed by atoms with Gasteiger partial charge < -0.3 is 5.11 Å². The molecule has 13 heavy (non-hydrogen) atoms. The van der Waals surface area contributed by atoms with Crippen molar-refractivity contribution in [2.24, 2.45) is 0 Å². The zero-order chi connectivity index (χ0) is 9.42. The number of aromatic carboxylic acids is 1. The Morgan fingerprint density at radius 3 is 2.69 bits per heavy atom. The highest BCUT2D eigenvalue weighted by molar-refractivity contribution is 6.14. The number of hydrogen-bond acceptors (Lipinski definition) is 2. The normalized spacial score (nSPS) is 13.1. The van der Waals surface area contributed by atoms with Crippen molar-refractivity contribution in [3.63, 3.8) is 0 Å². The van der Waals surface area contributed by atoms with Crippen molar-refractivity contribution < 1.29 is 14.7 Å². The summed E-state index contributed by atoms with van der Waals surface area (Å²) < 4.78 is 0. The monoisotopic (exact) mass is 174 g/mol. The molecule has 3 heteroatoms. The second-order valence-corrected chi connectivity index (χ2v) is 2.80. The van der Waals surface area contributed by atoms with Crippen LogP contribution in [-0.2, 0) is 0 Å². The van der Waals surface area contributed by atoms with Crippen LogP contribution in [0.2, 0.25) is 0 Å². The Morgan fingerprint density at radius 1 is 1.23 bits per heavy atom. The van der Waals surface area contributed by atoms with E-state index in [1.54, 1.807) is 12.1 Å². The van der Waals surface area contributed by atoms with Crippen LogP contribution in [0.1, 0.15) is 26.3 Å². The smallest absolute Gasteiger partial charge is 0.335 e. The minimum atomic E-state index is -0.976. The molecule has 0 radical (unpaired) electrons. The van der Waals surface area contributed by atoms with Crippen LogP contribution in [0.25, 0.3) is 6.08 Å². The van der Waals surface area contributed by atoms with Gasteiger partial charge in [0.1, 0.15) is 0 Å². The first-order valence-corrected chi connectivity index (χ1v) is 3.78. The number of benzene rings is 1. The predicted molar refractivity (Wildman–Crippen MR) is 46.8 cm³/mol. The summed E-state index contributed by atoms with van der Waals surface area (Å²) >= 11 is 0. The Morgan fingerprint density at radius 2 is 2.00 bits per heavy atom. The Hall–Kier alpha value is -1.90. The van der Waals surface area contributed by atoms with Gasteiger partial charge >= 0.3 is 5.97 Å². The van der Waals surface area contributed by atoms with E-state index in [1.165, 1.54) is 18.2 Å². The fourth-order valence-corrected chi connectivity index (χ4v) is 1.31. The molecule has 2 rings (SSSR count). The van der Waals surface area contributed by atoms with E-state index in [0.717, 1.165) is 0 Å². The molecule has 0 bridgehead atoms. The molecule has 0 aliphatic heterocycles. The molecule has 0 saturated carbocycles. The molecular weight excluding hydrogens is 168 g/mol. The van der Waals surface area contributed by atoms with Gasteiger partial charge in [-0.05, 0) is 29.8 Å². The number of rotatable bonds is 1. The molecule has 0 aromatic heterocycles. The second-order valence-electron chi connectivity index (χ2n) is 2.80. The quantitative estimate of drug-likeness (QED) is 0.703. The number of carboxylic acids is 1. The van der Waals surface area contributed by atoms with Gasteiger partial charge in [-0.2, -0.15) is 0 Å². The summed E-state index contributed by atoms with van der Waals surface area (Å²) in [7, 11) is 0. The van der Waals surface area contributed by atoms with E-state index in [9.17, 15) is 9.59 Å². The zero-order valence-corrected chi connectivity index (χ0v) is 6.65. The van der Waals surface area contributed by atoms with Gasteiger partial charge in [0.05, 0.1) is 5.56 Å². The summed E-state index contributed by atoms with van der Waals surface area (Å²) in [5.74, 6) is -1.04. The Bertz CT molecular complexity index is 430. The van der Waals surface area contributed by atoms with Crippen molar-refractivity contribution in [3.8, 4) is 0 Å². The molecule has 0 amide bonds. The predicted octanol–water partition coefficient (Wildman–Crippen LogP) is 1.59. The molecule has 0 spiro atoms. The number of hydrogen-bond donors (Lipinski definition) is 1. The molecule has 1 N–H and O–H groups in total. The molecule has 0 fully saturated rings. The lowest BCUT2D eigenvalue weighted by Crippen LogP contribution is -1.98. The SMILES string of the molecule is O=C(O)c1ccc2c(c1)C=CC2=O. The van der Waals surface area contributed by atoms with E-state index in [2.05, 4.69) is 0 Å². The van der Waals surface area contributed by atoms with E-state index in [1.807, 2.05) is 0 Å². The maximum atomic E-state index is 11.1. The van der Waals surface area contributed by atoms with Crippen LogP contribution in [0.5, 0.6) is 0 Å². The molecule has 1 aromatic rings. The van der Waals surface area contributed by atoms with Crippen molar-refractivity contribution >= 4 is 17.8 Å². The standard InChI is InChI=1S/C10H6O3/c11-9-4-2-6-5-7(10(12)13)1-3-8(6)9/h1-5H,(H,12,13). The van der Waals surface area contributed by atoms with E-state index >= 15 is 0 Å². The molecule has 0 atom stereocenters. The minimum absolute atomic E-state index is 0.0630. The highest BCUT2D eigenvalue weighted by atomic mass is 16.4. The van der Waals surface area contributed by atoms with Gasteiger partial charge in [-0.25, -0.2) is 4.79 Å². The third-order valence-electron chi connectivity index (χ3n) is 1.98. The van der Waals surface area contributed by atoms with Crippen LogP contribution in [0, 0.1) is 0 Å². The lowest BCUT2D eigenvalue weighted by Gasteiger charge is -1.98. The molecule has 0 unspecified atom stereocenters. The van der Waals surface area contributed by atoms with Crippen molar-refractivity contribution in [1.82, 2.24) is 0 Å². The van der Waals surface area contributed by atoms with Gasteiger partial charge in [-0.3, -0.25) is 4.79 Å². The average molecular weight is 174 g/mol. The molecule has 64 valence electrons. The Kier molecular flexibility index (Phi) is 1.52. The maximum absolute atomic E-state index is 11.1. The van der Waals surface area contributed by atoms with Gasteiger partial charge in [0.15, 0.2) is 5.78 Å². The molecule has 0 heterocycles. The highest BCUT2D eigenvalue weighted by Crippen LogP contribution is 2.20. The summed E-state index contributed by atoms with van der Waals surface area (Å²) in [5, 5.41) is 8.67. The van der Waals surface area contributed by atoms with E-state index in [-0.39, 0.29) is 11.3 Å². The number of fused-ring (bicyclic) bond motifs is 1. The fourth-order valence-electron chi connectivity index (χ4n) is 1.31. The lowest BCUT2D eigenvalue weighted by atomic mass is 10.1. The molecule has 1 aliphatic carbocycles. The highest BCUT2D eigenvalue weighted by Gasteiger charge is 2.15. The summed E-state index contributed by atoms with van der Waals surface area (Å²) in [5.41, 5.74) is 1.47. The third kappa shape index (κ3) is 1.14. The first kappa shape index (κ1) is 7.73. The van der Waals surface area contributed by atoms with Gasteiger partial charge in [0, 0.05) is 5.56 Å². The molecule has 3 nitrogen and oxygen atoms in total. The maximum Gasteiger partial charge on any atom is 0.335 e. The summed E-state index contributed by atoms with van der Waals surface area (Å²) in [4.78, 5) is 21.7. The summed E-state index contributed by atoms with van der Waals surface area (Å²) in [6.07, 6.45) is 3.07. The minimum Gasteiger partial charge on any atom is -0.478 e. The van der Waals surface area contributed by atoms with Crippen molar-refractivity contribution in [3.05, 3.63) is 41.0 Å². The molecule has 0 saturated heterocycles. The topological polar surface area (TPSA) is 54.4 Å². The molecule has 1 aliphatic rings. The average Bonchev–Trinajstić information content (AvgIpc) is 2.47. The third-order valence-corrected chi connectivity index (χ3v) is 1.98. The van der Waals surface area contributed by atoms with Crippen LogP contribution in [0.3, 0.4) is 0 Å². The number of carbonyl (C=O) groups excluding carboxylic acids is 1. The van der Waals surface area contributed by atoms with E-state index < -0.39 is 5.97 Å². The summed E-state index contributed by atoms with van der Waals surface area (Å²) in [6.45, 7) is 0. The lowest BCUT2D eigenvalue weighted by molar-refractivity contribution is 0.0696. The van der Waals surface area contributed by atoms with E-state index in [4.69, 9.17) is 5.11 Å². The van der Waals surface area contributed by atoms with E-state index in [0.29, 0.717) is 11.1 Å². The molecular formula is C10H6O3. The van der Waals surface area contributed by atoms with Crippen LogP contribution in [0.15, 0.2) is 24.3 Å². The van der Waals surface area contributed by atoms with Gasteiger partial charge in [-0.15, -0.1) is 0 Å². The van der Waals surface area contributed by atoms with Gasteiger partial charge in [-0.1, -0.05) is 6.08 Å². The van der Waals surface area contributed by atoms with Gasteiger partial charge in [0.2, 0.25) is 0 Å². The number of carboxylic acid groups (broad SMARTS) is 1. The van der Waals surface area contributed by atoms with Crippen LogP contribution in [0.4, 0.5) is 0 Å². The zero-order valence-electron chi connectivity index (χ0n) is 6.65. The van der Waals surface area contributed by atoms with Crippen molar-refractivity contribution in [2.75, 3.05) is 0 Å². The summed E-state index contributed by atoms with van der Waals surface area (Å²) in [6, 6.07) is 4.48. The van der Waals surface area contributed by atoms with Crippen molar-refractivity contribution in [1.29, 1.82) is 0 Å².